The Morgan fingerprint density at radius 3 is 2.04 bits per heavy atom. The first-order valence-electron chi connectivity index (χ1n) is 8.97. The third-order valence-electron chi connectivity index (χ3n) is 4.70. The molecule has 0 saturated heterocycles. The van der Waals surface area contributed by atoms with Crippen molar-refractivity contribution in [2.75, 3.05) is 0 Å². The summed E-state index contributed by atoms with van der Waals surface area (Å²) in [5, 5.41) is 0. The Morgan fingerprint density at radius 1 is 1.04 bits per heavy atom. The maximum absolute atomic E-state index is 12.4. The minimum Gasteiger partial charge on any atom is -0.462 e. The Morgan fingerprint density at radius 2 is 1.58 bits per heavy atom. The lowest BCUT2D eigenvalue weighted by Gasteiger charge is -2.45. The maximum Gasteiger partial charge on any atom is 0.312 e. The molecule has 24 heavy (non-hydrogen) atoms. The summed E-state index contributed by atoms with van der Waals surface area (Å²) < 4.78 is 11.2. The second kappa shape index (κ2) is 6.68. The van der Waals surface area contributed by atoms with Crippen LogP contribution < -0.4 is 0 Å². The van der Waals surface area contributed by atoms with Crippen molar-refractivity contribution in [3.63, 3.8) is 0 Å². The smallest absolute Gasteiger partial charge is 0.312 e. The van der Waals surface area contributed by atoms with Crippen LogP contribution in [0, 0.1) is 16.2 Å². The van der Waals surface area contributed by atoms with E-state index < -0.39 is 11.0 Å². The molecule has 0 amide bonds. The number of ether oxygens (including phenoxy) is 2. The second-order valence-electron chi connectivity index (χ2n) is 10.4. The lowest BCUT2D eigenvalue weighted by molar-refractivity contribution is -0.175. The van der Waals surface area contributed by atoms with Gasteiger partial charge in [0.25, 0.3) is 0 Å². The van der Waals surface area contributed by atoms with Crippen molar-refractivity contribution >= 4 is 11.9 Å². The monoisotopic (exact) mass is 340 g/mol. The van der Waals surface area contributed by atoms with Gasteiger partial charge in [0, 0.05) is 5.41 Å². The summed E-state index contributed by atoms with van der Waals surface area (Å²) >= 11 is 0. The van der Waals surface area contributed by atoms with E-state index in [4.69, 9.17) is 9.47 Å². The maximum atomic E-state index is 12.4. The minimum atomic E-state index is -0.886. The Bertz CT molecular complexity index is 480. The van der Waals surface area contributed by atoms with Gasteiger partial charge < -0.3 is 9.47 Å². The molecule has 0 aromatic rings. The average Bonchev–Trinajstić information content (AvgIpc) is 2.28. The van der Waals surface area contributed by atoms with E-state index in [1.807, 2.05) is 20.8 Å². The van der Waals surface area contributed by atoms with E-state index in [1.165, 1.54) is 0 Å². The molecular weight excluding hydrogens is 304 g/mol. The van der Waals surface area contributed by atoms with Gasteiger partial charge in [0.2, 0.25) is 0 Å². The first-order chi connectivity index (χ1) is 10.5. The molecule has 1 aliphatic rings. The highest BCUT2D eigenvalue weighted by molar-refractivity contribution is 5.83. The van der Waals surface area contributed by atoms with Crippen LogP contribution in [0.15, 0.2) is 0 Å². The van der Waals surface area contributed by atoms with Crippen LogP contribution >= 0.6 is 0 Å². The molecule has 1 saturated carbocycles. The molecule has 1 rings (SSSR count). The van der Waals surface area contributed by atoms with Gasteiger partial charge in [-0.3, -0.25) is 9.59 Å². The predicted octanol–water partition coefficient (Wildman–Crippen LogP) is 4.89. The molecule has 1 atom stereocenters. The zero-order valence-corrected chi connectivity index (χ0v) is 17.0. The SMILES string of the molecule is CC1(C)CCC(OC(=O)CC(C)(C)C(=O)OC(C)(C)C)C(C)(C)C1. The average molecular weight is 341 g/mol. The van der Waals surface area contributed by atoms with E-state index >= 15 is 0 Å². The fraction of sp³-hybridized carbons (Fsp3) is 0.900. The third kappa shape index (κ3) is 6.10. The number of carbonyl (C=O) groups excluding carboxylic acids is 2. The lowest BCUT2D eigenvalue weighted by atomic mass is 9.64. The van der Waals surface area contributed by atoms with Crippen LogP contribution in [0.5, 0.6) is 0 Å². The quantitative estimate of drug-likeness (QED) is 0.684. The van der Waals surface area contributed by atoms with Crippen LogP contribution in [0.1, 0.15) is 88.0 Å². The molecule has 0 heterocycles. The van der Waals surface area contributed by atoms with E-state index in [0.717, 1.165) is 19.3 Å². The van der Waals surface area contributed by atoms with Crippen LogP contribution in [0.25, 0.3) is 0 Å². The Balaban J connectivity index is 2.67. The molecule has 4 heteroatoms. The number of carbonyl (C=O) groups is 2. The normalized spacial score (nSPS) is 23.5. The molecule has 0 spiro atoms. The molecular formula is C20H36O4. The van der Waals surface area contributed by atoms with Crippen LogP contribution in [0.3, 0.4) is 0 Å². The molecule has 0 aliphatic heterocycles. The van der Waals surface area contributed by atoms with Crippen molar-refractivity contribution in [2.24, 2.45) is 16.2 Å². The van der Waals surface area contributed by atoms with E-state index in [2.05, 4.69) is 27.7 Å². The standard InChI is InChI=1S/C20H36O4/c1-17(2,3)24-16(22)19(6,7)12-15(21)23-14-10-11-18(4,5)13-20(14,8)9/h14H,10-13H2,1-9H3. The molecule has 4 nitrogen and oxygen atoms in total. The topological polar surface area (TPSA) is 52.6 Å². The Hall–Kier alpha value is -1.06. The van der Waals surface area contributed by atoms with Gasteiger partial charge in [-0.25, -0.2) is 0 Å². The summed E-state index contributed by atoms with van der Waals surface area (Å²) in [6.07, 6.45) is 2.89. The van der Waals surface area contributed by atoms with E-state index in [9.17, 15) is 9.59 Å². The molecule has 1 unspecified atom stereocenters. The summed E-state index contributed by atoms with van der Waals surface area (Å²) in [5.74, 6) is -0.681. The highest BCUT2D eigenvalue weighted by Gasteiger charge is 2.43. The van der Waals surface area contributed by atoms with Crippen LogP contribution in [0.2, 0.25) is 0 Å². The van der Waals surface area contributed by atoms with Crippen molar-refractivity contribution in [3.8, 4) is 0 Å². The first-order valence-corrected chi connectivity index (χ1v) is 8.97. The zero-order chi connectivity index (χ0) is 19.0. The van der Waals surface area contributed by atoms with Crippen molar-refractivity contribution < 1.29 is 19.1 Å². The van der Waals surface area contributed by atoms with Gasteiger partial charge in [-0.15, -0.1) is 0 Å². The summed E-state index contributed by atoms with van der Waals surface area (Å²) in [6.45, 7) is 17.8. The number of esters is 2. The molecule has 1 aliphatic carbocycles. The molecule has 0 N–H and O–H groups in total. The molecule has 0 bridgehead atoms. The van der Waals surface area contributed by atoms with Gasteiger partial charge in [0.15, 0.2) is 0 Å². The van der Waals surface area contributed by atoms with Gasteiger partial charge in [0.05, 0.1) is 11.8 Å². The summed E-state index contributed by atoms with van der Waals surface area (Å²) in [7, 11) is 0. The Kier molecular flexibility index (Phi) is 5.84. The van der Waals surface area contributed by atoms with Crippen LogP contribution in [-0.4, -0.2) is 23.6 Å². The van der Waals surface area contributed by atoms with Gasteiger partial charge in [-0.1, -0.05) is 27.7 Å². The first kappa shape index (κ1) is 21.0. The highest BCUT2D eigenvalue weighted by Crippen LogP contribution is 2.47. The van der Waals surface area contributed by atoms with E-state index in [1.54, 1.807) is 13.8 Å². The highest BCUT2D eigenvalue weighted by atomic mass is 16.6. The number of rotatable bonds is 4. The van der Waals surface area contributed by atoms with Crippen molar-refractivity contribution in [3.05, 3.63) is 0 Å². The third-order valence-corrected chi connectivity index (χ3v) is 4.70. The second-order valence-corrected chi connectivity index (χ2v) is 10.4. The zero-order valence-electron chi connectivity index (χ0n) is 17.0. The summed E-state index contributed by atoms with van der Waals surface area (Å²) in [5.41, 5.74) is -1.21. The molecule has 140 valence electrons. The van der Waals surface area contributed by atoms with Crippen molar-refractivity contribution in [2.45, 2.75) is 99.7 Å². The van der Waals surface area contributed by atoms with Crippen molar-refractivity contribution in [1.29, 1.82) is 0 Å². The fourth-order valence-corrected chi connectivity index (χ4v) is 3.62. The fourth-order valence-electron chi connectivity index (χ4n) is 3.62. The van der Waals surface area contributed by atoms with E-state index in [0.29, 0.717) is 0 Å². The molecule has 0 radical (unpaired) electrons. The number of hydrogen-bond acceptors (Lipinski definition) is 4. The van der Waals surface area contributed by atoms with Crippen molar-refractivity contribution in [1.82, 2.24) is 0 Å². The van der Waals surface area contributed by atoms with Gasteiger partial charge in [-0.05, 0) is 59.3 Å². The van der Waals surface area contributed by atoms with Gasteiger partial charge in [0.1, 0.15) is 11.7 Å². The minimum absolute atomic E-state index is 0.0396. The van der Waals surface area contributed by atoms with Gasteiger partial charge in [-0.2, -0.15) is 0 Å². The molecule has 0 aromatic carbocycles. The van der Waals surface area contributed by atoms with Crippen LogP contribution in [0.4, 0.5) is 0 Å². The van der Waals surface area contributed by atoms with Gasteiger partial charge >= 0.3 is 11.9 Å². The van der Waals surface area contributed by atoms with Crippen LogP contribution in [-0.2, 0) is 19.1 Å². The number of hydrogen-bond donors (Lipinski definition) is 0. The summed E-state index contributed by atoms with van der Waals surface area (Å²) in [6, 6.07) is 0. The molecule has 1 fully saturated rings. The Labute approximate surface area is 147 Å². The lowest BCUT2D eigenvalue weighted by Crippen LogP contribution is -2.43. The summed E-state index contributed by atoms with van der Waals surface area (Å²) in [4.78, 5) is 24.7. The van der Waals surface area contributed by atoms with E-state index in [-0.39, 0.29) is 35.3 Å². The predicted molar refractivity (Wildman–Crippen MR) is 95.5 cm³/mol. The molecule has 0 aromatic heterocycles. The largest absolute Gasteiger partial charge is 0.462 e.